The maximum atomic E-state index is 5.55. The maximum absolute atomic E-state index is 5.55. The third kappa shape index (κ3) is 3.27. The van der Waals surface area contributed by atoms with Gasteiger partial charge in [-0.1, -0.05) is 44.9 Å². The second-order valence-corrected chi connectivity index (χ2v) is 8.45. The highest BCUT2D eigenvalue weighted by Crippen LogP contribution is 2.45. The summed E-state index contributed by atoms with van der Waals surface area (Å²) in [4.78, 5) is 0. The fourth-order valence-electron chi connectivity index (χ4n) is 4.13. The average Bonchev–Trinajstić information content (AvgIpc) is 2.93. The van der Waals surface area contributed by atoms with Crippen molar-refractivity contribution in [1.82, 2.24) is 0 Å². The molecule has 0 spiro atoms. The van der Waals surface area contributed by atoms with E-state index in [0.717, 1.165) is 11.5 Å². The van der Waals surface area contributed by atoms with Gasteiger partial charge in [0.2, 0.25) is 6.79 Å². The summed E-state index contributed by atoms with van der Waals surface area (Å²) in [6.07, 6.45) is 6.31. The normalized spacial score (nSPS) is 20.0. The lowest BCUT2D eigenvalue weighted by molar-refractivity contribution is 0.174. The van der Waals surface area contributed by atoms with Crippen molar-refractivity contribution in [3.8, 4) is 11.5 Å². The van der Waals surface area contributed by atoms with Crippen LogP contribution in [0.5, 0.6) is 11.5 Å². The zero-order valence-electron chi connectivity index (χ0n) is 15.3. The van der Waals surface area contributed by atoms with Crippen LogP contribution in [0.3, 0.4) is 0 Å². The van der Waals surface area contributed by atoms with Gasteiger partial charge in [0.15, 0.2) is 11.5 Å². The summed E-state index contributed by atoms with van der Waals surface area (Å²) in [6, 6.07) is 6.41. The molecule has 1 heterocycles. The third-order valence-electron chi connectivity index (χ3n) is 5.84. The molecule has 1 aliphatic heterocycles. The Labute approximate surface area is 140 Å². The van der Waals surface area contributed by atoms with Crippen molar-refractivity contribution in [2.75, 3.05) is 6.79 Å². The Balaban J connectivity index is 1.76. The Hall–Kier alpha value is -1.44. The first-order valence-electron chi connectivity index (χ1n) is 8.89. The lowest BCUT2D eigenvalue weighted by Gasteiger charge is -2.36. The molecule has 1 aromatic rings. The van der Waals surface area contributed by atoms with Crippen LogP contribution in [0.4, 0.5) is 0 Å². The average molecular weight is 314 g/mol. The number of ether oxygens (including phenoxy) is 2. The lowest BCUT2D eigenvalue weighted by atomic mass is 9.69. The van der Waals surface area contributed by atoms with Gasteiger partial charge in [-0.15, -0.1) is 0 Å². The Morgan fingerprint density at radius 3 is 2.61 bits per heavy atom. The maximum Gasteiger partial charge on any atom is 0.231 e. The lowest BCUT2D eigenvalue weighted by Crippen LogP contribution is -2.24. The number of hydrogen-bond acceptors (Lipinski definition) is 2. The van der Waals surface area contributed by atoms with Gasteiger partial charge in [-0.05, 0) is 67.6 Å². The molecular formula is C21H30O2. The van der Waals surface area contributed by atoms with E-state index in [1.54, 1.807) is 11.1 Å². The number of hydrogen-bond donors (Lipinski definition) is 0. The minimum atomic E-state index is 0.141. The van der Waals surface area contributed by atoms with E-state index >= 15 is 0 Å². The van der Waals surface area contributed by atoms with Crippen LogP contribution in [0.15, 0.2) is 29.3 Å². The van der Waals surface area contributed by atoms with Gasteiger partial charge in [0.1, 0.15) is 0 Å². The largest absolute Gasteiger partial charge is 0.454 e. The number of fused-ring (bicyclic) bond motifs is 1. The Morgan fingerprint density at radius 1 is 1.13 bits per heavy atom. The third-order valence-corrected chi connectivity index (χ3v) is 5.84. The van der Waals surface area contributed by atoms with Crippen molar-refractivity contribution >= 4 is 0 Å². The fourth-order valence-corrected chi connectivity index (χ4v) is 4.13. The molecule has 2 heteroatoms. The molecule has 0 bridgehead atoms. The summed E-state index contributed by atoms with van der Waals surface area (Å²) in [5, 5.41) is 0. The molecule has 3 rings (SSSR count). The standard InChI is InChI=1S/C21H30O2/c1-15-7-6-11-21(4,5)17(15)10-12-20(2,3)16-8-9-18-19(13-16)23-14-22-18/h8-9,13H,6-7,10-12,14H2,1-5H3. The van der Waals surface area contributed by atoms with E-state index in [2.05, 4.69) is 52.8 Å². The highest BCUT2D eigenvalue weighted by atomic mass is 16.7. The highest BCUT2D eigenvalue weighted by Gasteiger charge is 2.31. The van der Waals surface area contributed by atoms with Gasteiger partial charge in [0.25, 0.3) is 0 Å². The van der Waals surface area contributed by atoms with E-state index in [0.29, 0.717) is 12.2 Å². The number of benzene rings is 1. The van der Waals surface area contributed by atoms with Crippen molar-refractivity contribution in [3.63, 3.8) is 0 Å². The molecule has 0 N–H and O–H groups in total. The predicted octanol–water partition coefficient (Wildman–Crippen LogP) is 6.00. The molecule has 2 aliphatic rings. The molecule has 0 saturated heterocycles. The molecule has 0 aromatic heterocycles. The quantitative estimate of drug-likeness (QED) is 0.635. The van der Waals surface area contributed by atoms with E-state index in [9.17, 15) is 0 Å². The smallest absolute Gasteiger partial charge is 0.231 e. The highest BCUT2D eigenvalue weighted by molar-refractivity contribution is 5.46. The van der Waals surface area contributed by atoms with Crippen LogP contribution in [0.2, 0.25) is 0 Å². The van der Waals surface area contributed by atoms with Gasteiger partial charge < -0.3 is 9.47 Å². The molecule has 0 saturated carbocycles. The van der Waals surface area contributed by atoms with Crippen molar-refractivity contribution < 1.29 is 9.47 Å². The van der Waals surface area contributed by atoms with Gasteiger partial charge in [-0.25, -0.2) is 0 Å². The molecule has 0 amide bonds. The molecule has 1 aliphatic carbocycles. The van der Waals surface area contributed by atoms with E-state index < -0.39 is 0 Å². The first kappa shape index (κ1) is 16.4. The molecule has 0 radical (unpaired) electrons. The van der Waals surface area contributed by atoms with Gasteiger partial charge in [-0.2, -0.15) is 0 Å². The van der Waals surface area contributed by atoms with Crippen molar-refractivity contribution in [2.24, 2.45) is 5.41 Å². The van der Waals surface area contributed by atoms with Crippen LogP contribution in [0, 0.1) is 5.41 Å². The minimum absolute atomic E-state index is 0.141. The number of allylic oxidation sites excluding steroid dienone is 2. The Morgan fingerprint density at radius 2 is 1.87 bits per heavy atom. The molecule has 0 unspecified atom stereocenters. The zero-order valence-corrected chi connectivity index (χ0v) is 15.3. The van der Waals surface area contributed by atoms with Crippen LogP contribution < -0.4 is 9.47 Å². The zero-order chi connectivity index (χ0) is 16.7. The molecule has 126 valence electrons. The topological polar surface area (TPSA) is 18.5 Å². The van der Waals surface area contributed by atoms with Gasteiger partial charge in [0, 0.05) is 0 Å². The summed E-state index contributed by atoms with van der Waals surface area (Å²) in [5.74, 6) is 1.76. The summed E-state index contributed by atoms with van der Waals surface area (Å²) in [6.45, 7) is 12.2. The van der Waals surface area contributed by atoms with Crippen LogP contribution in [-0.2, 0) is 5.41 Å². The van der Waals surface area contributed by atoms with E-state index in [1.807, 2.05) is 0 Å². The second-order valence-electron chi connectivity index (χ2n) is 8.45. The van der Waals surface area contributed by atoms with E-state index in [-0.39, 0.29) is 5.41 Å². The van der Waals surface area contributed by atoms with E-state index in [4.69, 9.17) is 9.47 Å². The van der Waals surface area contributed by atoms with Crippen LogP contribution in [0.25, 0.3) is 0 Å². The predicted molar refractivity (Wildman–Crippen MR) is 95.2 cm³/mol. The first-order valence-corrected chi connectivity index (χ1v) is 8.89. The summed E-state index contributed by atoms with van der Waals surface area (Å²) in [5.41, 5.74) is 5.17. The first-order chi connectivity index (χ1) is 10.8. The van der Waals surface area contributed by atoms with Gasteiger partial charge >= 0.3 is 0 Å². The van der Waals surface area contributed by atoms with Crippen molar-refractivity contribution in [1.29, 1.82) is 0 Å². The van der Waals surface area contributed by atoms with Crippen LogP contribution >= 0.6 is 0 Å². The van der Waals surface area contributed by atoms with Gasteiger partial charge in [0.05, 0.1) is 0 Å². The SMILES string of the molecule is CC1=C(CCC(C)(C)c2ccc3c(c2)OCO3)C(C)(C)CCC1. The molecule has 23 heavy (non-hydrogen) atoms. The Kier molecular flexibility index (Phi) is 4.20. The molecule has 1 aromatic carbocycles. The summed E-state index contributed by atoms with van der Waals surface area (Å²) in [7, 11) is 0. The van der Waals surface area contributed by atoms with Crippen molar-refractivity contribution in [2.45, 2.75) is 72.1 Å². The minimum Gasteiger partial charge on any atom is -0.454 e. The number of rotatable bonds is 4. The molecule has 0 atom stereocenters. The monoisotopic (exact) mass is 314 g/mol. The van der Waals surface area contributed by atoms with Crippen molar-refractivity contribution in [3.05, 3.63) is 34.9 Å². The fraction of sp³-hybridized carbons (Fsp3) is 0.619. The van der Waals surface area contributed by atoms with Crippen LogP contribution in [0.1, 0.15) is 72.3 Å². The summed E-state index contributed by atoms with van der Waals surface area (Å²) < 4.78 is 11.0. The summed E-state index contributed by atoms with van der Waals surface area (Å²) >= 11 is 0. The molecular weight excluding hydrogens is 284 g/mol. The second kappa shape index (κ2) is 5.89. The van der Waals surface area contributed by atoms with Gasteiger partial charge in [-0.3, -0.25) is 0 Å². The Bertz CT molecular complexity index is 623. The molecule has 0 fully saturated rings. The molecule has 2 nitrogen and oxygen atoms in total. The van der Waals surface area contributed by atoms with Crippen LogP contribution in [-0.4, -0.2) is 6.79 Å². The van der Waals surface area contributed by atoms with E-state index in [1.165, 1.54) is 37.7 Å².